The van der Waals surface area contributed by atoms with E-state index in [-0.39, 0.29) is 17.1 Å². The average Bonchev–Trinajstić information content (AvgIpc) is 2.66. The van der Waals surface area contributed by atoms with Crippen molar-refractivity contribution in [3.8, 4) is 11.3 Å². The highest BCUT2D eigenvalue weighted by molar-refractivity contribution is 5.74. The molecule has 0 amide bonds. The van der Waals surface area contributed by atoms with E-state index < -0.39 is 17.5 Å². The Morgan fingerprint density at radius 2 is 1.63 bits per heavy atom. The molecular formula is C13H8F3N3. The maximum absolute atomic E-state index is 13.2. The molecule has 0 saturated heterocycles. The Balaban J connectivity index is 2.27. The van der Waals surface area contributed by atoms with E-state index in [9.17, 15) is 13.2 Å². The van der Waals surface area contributed by atoms with E-state index in [0.29, 0.717) is 5.65 Å². The van der Waals surface area contributed by atoms with Crippen molar-refractivity contribution in [3.05, 3.63) is 54.0 Å². The van der Waals surface area contributed by atoms with Gasteiger partial charge in [-0.25, -0.2) is 18.2 Å². The van der Waals surface area contributed by atoms with Gasteiger partial charge in [-0.3, -0.25) is 4.40 Å². The number of fused-ring (bicyclic) bond motifs is 1. The number of nitrogens with zero attached hydrogens (tertiary/aromatic N) is 2. The molecule has 3 aromatic rings. The first-order valence-electron chi connectivity index (χ1n) is 5.44. The third-order valence-electron chi connectivity index (χ3n) is 2.76. The van der Waals surface area contributed by atoms with Crippen molar-refractivity contribution >= 4 is 11.5 Å². The lowest BCUT2D eigenvalue weighted by atomic mass is 10.1. The van der Waals surface area contributed by atoms with Crippen molar-refractivity contribution in [3.63, 3.8) is 0 Å². The zero-order valence-corrected chi connectivity index (χ0v) is 9.57. The van der Waals surface area contributed by atoms with Gasteiger partial charge in [-0.1, -0.05) is 0 Å². The van der Waals surface area contributed by atoms with Crippen LogP contribution in [0.5, 0.6) is 0 Å². The third-order valence-corrected chi connectivity index (χ3v) is 2.76. The Hall–Kier alpha value is -2.50. The Bertz CT molecular complexity index is 760. The van der Waals surface area contributed by atoms with Crippen LogP contribution in [-0.2, 0) is 0 Å². The molecule has 3 nitrogen and oxygen atoms in total. The second-order valence-electron chi connectivity index (χ2n) is 4.08. The lowest BCUT2D eigenvalue weighted by Gasteiger charge is -2.00. The van der Waals surface area contributed by atoms with Crippen LogP contribution in [0.25, 0.3) is 16.9 Å². The van der Waals surface area contributed by atoms with Gasteiger partial charge in [-0.05, 0) is 24.3 Å². The second-order valence-corrected chi connectivity index (χ2v) is 4.08. The number of halogens is 3. The van der Waals surface area contributed by atoms with Crippen molar-refractivity contribution in [2.45, 2.75) is 0 Å². The van der Waals surface area contributed by atoms with E-state index in [1.807, 2.05) is 0 Å². The average molecular weight is 263 g/mol. The Morgan fingerprint density at radius 3 is 2.32 bits per heavy atom. The summed E-state index contributed by atoms with van der Waals surface area (Å²) in [6.07, 6.45) is 1.16. The molecule has 2 N–H and O–H groups in total. The monoisotopic (exact) mass is 263 g/mol. The minimum atomic E-state index is -0.724. The van der Waals surface area contributed by atoms with E-state index in [2.05, 4.69) is 4.98 Å². The molecule has 1 aromatic carbocycles. The summed E-state index contributed by atoms with van der Waals surface area (Å²) in [7, 11) is 0. The summed E-state index contributed by atoms with van der Waals surface area (Å²) in [5.41, 5.74) is 6.65. The molecule has 0 unspecified atom stereocenters. The van der Waals surface area contributed by atoms with Gasteiger partial charge in [-0.15, -0.1) is 0 Å². The normalized spacial score (nSPS) is 11.1. The number of nitrogens with two attached hydrogens (primary N) is 1. The number of aromatic nitrogens is 2. The minimum absolute atomic E-state index is 0.125. The van der Waals surface area contributed by atoms with E-state index >= 15 is 0 Å². The first-order chi connectivity index (χ1) is 9.04. The number of benzene rings is 1. The van der Waals surface area contributed by atoms with Gasteiger partial charge in [0.2, 0.25) is 0 Å². The van der Waals surface area contributed by atoms with Gasteiger partial charge < -0.3 is 5.73 Å². The van der Waals surface area contributed by atoms with Crippen LogP contribution in [0.15, 0.2) is 36.5 Å². The van der Waals surface area contributed by atoms with Gasteiger partial charge >= 0.3 is 0 Å². The molecule has 2 heterocycles. The van der Waals surface area contributed by atoms with Crippen molar-refractivity contribution < 1.29 is 13.2 Å². The van der Waals surface area contributed by atoms with Crippen molar-refractivity contribution in [1.82, 2.24) is 9.38 Å². The number of hydrogen-bond donors (Lipinski definition) is 1. The van der Waals surface area contributed by atoms with Crippen LogP contribution in [0.1, 0.15) is 0 Å². The molecule has 19 heavy (non-hydrogen) atoms. The standard InChI is InChI=1S/C13H8F3N3/c14-8-1-2-11-18-12(13(17)19(11)6-8)7-3-9(15)5-10(16)4-7/h1-6H,17H2. The molecule has 0 radical (unpaired) electrons. The minimum Gasteiger partial charge on any atom is -0.383 e. The highest BCUT2D eigenvalue weighted by Gasteiger charge is 2.13. The van der Waals surface area contributed by atoms with Crippen LogP contribution >= 0.6 is 0 Å². The molecule has 0 spiro atoms. The predicted octanol–water partition coefficient (Wildman–Crippen LogP) is 3.00. The molecule has 0 fully saturated rings. The van der Waals surface area contributed by atoms with Crippen LogP contribution in [0.2, 0.25) is 0 Å². The first kappa shape index (κ1) is 11.6. The van der Waals surface area contributed by atoms with E-state index in [0.717, 1.165) is 24.4 Å². The largest absolute Gasteiger partial charge is 0.383 e. The van der Waals surface area contributed by atoms with Crippen LogP contribution < -0.4 is 5.73 Å². The van der Waals surface area contributed by atoms with Crippen LogP contribution in [0.4, 0.5) is 19.0 Å². The fourth-order valence-corrected chi connectivity index (χ4v) is 1.94. The van der Waals surface area contributed by atoms with Gasteiger partial charge in [0.05, 0.1) is 0 Å². The summed E-state index contributed by atoms with van der Waals surface area (Å²) in [4.78, 5) is 4.14. The summed E-state index contributed by atoms with van der Waals surface area (Å²) in [6, 6.07) is 5.67. The summed E-state index contributed by atoms with van der Waals surface area (Å²) < 4.78 is 40.8. The fraction of sp³-hybridized carbons (Fsp3) is 0. The first-order valence-corrected chi connectivity index (χ1v) is 5.44. The van der Waals surface area contributed by atoms with Gasteiger partial charge in [0.15, 0.2) is 0 Å². The smallest absolute Gasteiger partial charge is 0.140 e. The van der Waals surface area contributed by atoms with Crippen LogP contribution in [0.3, 0.4) is 0 Å². The number of rotatable bonds is 1. The zero-order valence-electron chi connectivity index (χ0n) is 9.57. The zero-order chi connectivity index (χ0) is 13.6. The maximum atomic E-state index is 13.2. The molecular weight excluding hydrogens is 255 g/mol. The summed E-state index contributed by atoms with van der Waals surface area (Å²) in [5, 5.41) is 0. The number of imidazole rings is 1. The molecule has 96 valence electrons. The van der Waals surface area contributed by atoms with Gasteiger partial charge in [-0.2, -0.15) is 0 Å². The summed E-state index contributed by atoms with van der Waals surface area (Å²) in [6.45, 7) is 0. The van der Waals surface area contributed by atoms with Gasteiger partial charge in [0.1, 0.15) is 34.6 Å². The van der Waals surface area contributed by atoms with Gasteiger partial charge in [0.25, 0.3) is 0 Å². The lowest BCUT2D eigenvalue weighted by molar-refractivity contribution is 0.584. The molecule has 0 aliphatic rings. The Kier molecular flexibility index (Phi) is 2.45. The quantitative estimate of drug-likeness (QED) is 0.733. The molecule has 3 rings (SSSR count). The molecule has 0 atom stereocenters. The van der Waals surface area contributed by atoms with E-state index in [1.54, 1.807) is 0 Å². The maximum Gasteiger partial charge on any atom is 0.140 e. The summed E-state index contributed by atoms with van der Waals surface area (Å²) in [5.74, 6) is -1.80. The Morgan fingerprint density at radius 1 is 0.947 bits per heavy atom. The summed E-state index contributed by atoms with van der Waals surface area (Å²) >= 11 is 0. The molecule has 0 aliphatic carbocycles. The molecule has 2 aromatic heterocycles. The topological polar surface area (TPSA) is 43.3 Å². The fourth-order valence-electron chi connectivity index (χ4n) is 1.94. The van der Waals surface area contributed by atoms with E-state index in [1.165, 1.54) is 16.5 Å². The molecule has 0 saturated carbocycles. The number of nitrogen functional groups attached to an aromatic ring is 1. The molecule has 6 heteroatoms. The number of hydrogen-bond acceptors (Lipinski definition) is 2. The number of pyridine rings is 1. The Labute approximate surface area is 106 Å². The molecule has 0 aliphatic heterocycles. The highest BCUT2D eigenvalue weighted by Crippen LogP contribution is 2.27. The van der Waals surface area contributed by atoms with Crippen LogP contribution in [-0.4, -0.2) is 9.38 Å². The van der Waals surface area contributed by atoms with Crippen molar-refractivity contribution in [2.75, 3.05) is 5.73 Å². The lowest BCUT2D eigenvalue weighted by Crippen LogP contribution is -1.95. The SMILES string of the molecule is Nc1c(-c2cc(F)cc(F)c2)nc2ccc(F)cn12. The van der Waals surface area contributed by atoms with Crippen molar-refractivity contribution in [1.29, 1.82) is 0 Å². The third kappa shape index (κ3) is 1.91. The molecule has 0 bridgehead atoms. The highest BCUT2D eigenvalue weighted by atomic mass is 19.1. The second kappa shape index (κ2) is 4.01. The number of anilines is 1. The van der Waals surface area contributed by atoms with Crippen molar-refractivity contribution in [2.24, 2.45) is 0 Å². The van der Waals surface area contributed by atoms with Gasteiger partial charge in [0, 0.05) is 17.8 Å². The predicted molar refractivity (Wildman–Crippen MR) is 64.9 cm³/mol. The van der Waals surface area contributed by atoms with Crippen LogP contribution in [0, 0.1) is 17.5 Å². The van der Waals surface area contributed by atoms with E-state index in [4.69, 9.17) is 5.73 Å².